The molecule has 76 valence electrons. The number of amides is 1. The molecule has 0 spiro atoms. The third kappa shape index (κ3) is 4.03. The van der Waals surface area contributed by atoms with Crippen LogP contribution in [0, 0.1) is 0 Å². The van der Waals surface area contributed by atoms with E-state index in [1.54, 1.807) is 0 Å². The standard InChI is InChI=1S/C11H15NO2/c1-11(2,3)14-10(13)12-9-7-5-4-6-8-9/h4-7H,8H2,1-3H3/b12-9-. The Labute approximate surface area is 84.2 Å². The van der Waals surface area contributed by atoms with Gasteiger partial charge in [-0.15, -0.1) is 0 Å². The van der Waals surface area contributed by atoms with E-state index in [0.29, 0.717) is 6.42 Å². The van der Waals surface area contributed by atoms with Crippen molar-refractivity contribution in [1.82, 2.24) is 0 Å². The molecule has 1 aliphatic rings. The molecule has 0 saturated carbocycles. The number of carbonyl (C=O) groups excluding carboxylic acids is 1. The summed E-state index contributed by atoms with van der Waals surface area (Å²) < 4.78 is 5.06. The highest BCUT2D eigenvalue weighted by Crippen LogP contribution is 2.09. The molecule has 0 bridgehead atoms. The monoisotopic (exact) mass is 193 g/mol. The third-order valence-electron chi connectivity index (χ3n) is 1.49. The lowest BCUT2D eigenvalue weighted by Gasteiger charge is -2.17. The van der Waals surface area contributed by atoms with Gasteiger partial charge >= 0.3 is 6.09 Å². The Morgan fingerprint density at radius 2 is 2.14 bits per heavy atom. The van der Waals surface area contributed by atoms with E-state index in [4.69, 9.17) is 4.74 Å². The first kappa shape index (κ1) is 10.7. The molecule has 0 aliphatic heterocycles. The molecule has 1 aliphatic carbocycles. The van der Waals surface area contributed by atoms with Gasteiger partial charge in [0, 0.05) is 6.42 Å². The highest BCUT2D eigenvalue weighted by molar-refractivity contribution is 6.02. The topological polar surface area (TPSA) is 38.7 Å². The molecule has 0 N–H and O–H groups in total. The van der Waals surface area contributed by atoms with Gasteiger partial charge < -0.3 is 4.74 Å². The second-order valence-electron chi connectivity index (χ2n) is 4.07. The van der Waals surface area contributed by atoms with E-state index < -0.39 is 11.7 Å². The van der Waals surface area contributed by atoms with Crippen molar-refractivity contribution in [1.29, 1.82) is 0 Å². The summed E-state index contributed by atoms with van der Waals surface area (Å²) >= 11 is 0. The third-order valence-corrected chi connectivity index (χ3v) is 1.49. The SMILES string of the molecule is CC(C)(C)OC(=O)/N=C1/C=CC=CC1. The summed E-state index contributed by atoms with van der Waals surface area (Å²) in [5, 5.41) is 0. The quantitative estimate of drug-likeness (QED) is 0.593. The molecule has 0 aromatic heterocycles. The van der Waals surface area contributed by atoms with Crippen LogP contribution in [0.15, 0.2) is 29.3 Å². The smallest absolute Gasteiger partial charge is 0.434 e. The molecule has 0 radical (unpaired) electrons. The predicted octanol–water partition coefficient (Wildman–Crippen LogP) is 2.88. The second kappa shape index (κ2) is 4.22. The number of allylic oxidation sites excluding steroid dienone is 4. The molecular formula is C11H15NO2. The maximum atomic E-state index is 11.3. The molecule has 14 heavy (non-hydrogen) atoms. The zero-order valence-corrected chi connectivity index (χ0v) is 8.78. The lowest BCUT2D eigenvalue weighted by Crippen LogP contribution is -2.22. The van der Waals surface area contributed by atoms with E-state index in [1.165, 1.54) is 0 Å². The number of hydrogen-bond donors (Lipinski definition) is 0. The number of rotatable bonds is 0. The van der Waals surface area contributed by atoms with Crippen molar-refractivity contribution in [2.45, 2.75) is 32.8 Å². The van der Waals surface area contributed by atoms with Crippen LogP contribution in [0.3, 0.4) is 0 Å². The average molecular weight is 193 g/mol. The Morgan fingerprint density at radius 1 is 1.43 bits per heavy atom. The van der Waals surface area contributed by atoms with Gasteiger partial charge in [-0.1, -0.05) is 18.2 Å². The van der Waals surface area contributed by atoms with Gasteiger partial charge in [0.05, 0.1) is 5.71 Å². The first-order valence-corrected chi connectivity index (χ1v) is 4.61. The summed E-state index contributed by atoms with van der Waals surface area (Å²) in [4.78, 5) is 15.1. The first-order chi connectivity index (χ1) is 6.47. The fraction of sp³-hybridized carbons (Fsp3) is 0.455. The summed E-state index contributed by atoms with van der Waals surface area (Å²) in [6, 6.07) is 0. The van der Waals surface area contributed by atoms with Crippen LogP contribution in [0.4, 0.5) is 4.79 Å². The Balaban J connectivity index is 2.56. The summed E-state index contributed by atoms with van der Waals surface area (Å²) in [7, 11) is 0. The molecule has 3 heteroatoms. The van der Waals surface area contributed by atoms with Crippen LogP contribution < -0.4 is 0 Å². The number of aliphatic imine (C=N–C) groups is 1. The van der Waals surface area contributed by atoms with Gasteiger partial charge in [0.2, 0.25) is 0 Å². The maximum absolute atomic E-state index is 11.3. The first-order valence-electron chi connectivity index (χ1n) is 4.61. The van der Waals surface area contributed by atoms with Crippen LogP contribution in [0.25, 0.3) is 0 Å². The minimum Gasteiger partial charge on any atom is -0.442 e. The second-order valence-corrected chi connectivity index (χ2v) is 4.07. The summed E-state index contributed by atoms with van der Waals surface area (Å²) in [5.74, 6) is 0. The van der Waals surface area contributed by atoms with Gasteiger partial charge in [0.15, 0.2) is 0 Å². The van der Waals surface area contributed by atoms with Crippen LogP contribution in [-0.2, 0) is 4.74 Å². The molecule has 0 heterocycles. The fourth-order valence-corrected chi connectivity index (χ4v) is 0.987. The number of ether oxygens (including phenoxy) is 1. The molecular weight excluding hydrogens is 178 g/mol. The largest absolute Gasteiger partial charge is 0.442 e. The molecule has 0 unspecified atom stereocenters. The normalized spacial score (nSPS) is 18.6. The molecule has 0 saturated heterocycles. The van der Waals surface area contributed by atoms with Crippen molar-refractivity contribution in [2.24, 2.45) is 4.99 Å². The van der Waals surface area contributed by atoms with Gasteiger partial charge in [0.25, 0.3) is 0 Å². The van der Waals surface area contributed by atoms with Crippen LogP contribution in [0.2, 0.25) is 0 Å². The van der Waals surface area contributed by atoms with E-state index in [1.807, 2.05) is 45.1 Å². The molecule has 0 aromatic carbocycles. The maximum Gasteiger partial charge on any atom is 0.434 e. The van der Waals surface area contributed by atoms with Crippen molar-refractivity contribution in [3.63, 3.8) is 0 Å². The van der Waals surface area contributed by atoms with Gasteiger partial charge in [-0.25, -0.2) is 4.79 Å². The highest BCUT2D eigenvalue weighted by atomic mass is 16.6. The van der Waals surface area contributed by atoms with Crippen LogP contribution in [0.1, 0.15) is 27.2 Å². The fourth-order valence-electron chi connectivity index (χ4n) is 0.987. The Bertz CT molecular complexity index is 306. The van der Waals surface area contributed by atoms with Gasteiger partial charge in [-0.3, -0.25) is 0 Å². The highest BCUT2D eigenvalue weighted by Gasteiger charge is 2.15. The molecule has 0 atom stereocenters. The van der Waals surface area contributed by atoms with Gasteiger partial charge in [-0.2, -0.15) is 4.99 Å². The van der Waals surface area contributed by atoms with Crippen molar-refractivity contribution in [2.75, 3.05) is 0 Å². The summed E-state index contributed by atoms with van der Waals surface area (Å²) in [6.45, 7) is 5.46. The van der Waals surface area contributed by atoms with E-state index in [0.717, 1.165) is 5.71 Å². The van der Waals surface area contributed by atoms with Crippen molar-refractivity contribution < 1.29 is 9.53 Å². The van der Waals surface area contributed by atoms with E-state index in [-0.39, 0.29) is 0 Å². The lowest BCUT2D eigenvalue weighted by atomic mass is 10.1. The minimum absolute atomic E-state index is 0.477. The Kier molecular flexibility index (Phi) is 3.23. The zero-order chi connectivity index (χ0) is 10.6. The number of carbonyl (C=O) groups is 1. The van der Waals surface area contributed by atoms with E-state index in [2.05, 4.69) is 4.99 Å². The summed E-state index contributed by atoms with van der Waals surface area (Å²) in [6.07, 6.45) is 7.70. The minimum atomic E-state index is -0.521. The van der Waals surface area contributed by atoms with Crippen molar-refractivity contribution >= 4 is 11.8 Å². The van der Waals surface area contributed by atoms with Crippen molar-refractivity contribution in [3.05, 3.63) is 24.3 Å². The molecule has 0 fully saturated rings. The van der Waals surface area contributed by atoms with E-state index in [9.17, 15) is 4.79 Å². The molecule has 0 aromatic rings. The number of nitrogens with zero attached hydrogens (tertiary/aromatic N) is 1. The van der Waals surface area contributed by atoms with Gasteiger partial charge in [-0.05, 0) is 26.8 Å². The zero-order valence-electron chi connectivity index (χ0n) is 8.78. The van der Waals surface area contributed by atoms with Crippen molar-refractivity contribution in [3.8, 4) is 0 Å². The summed E-state index contributed by atoms with van der Waals surface area (Å²) in [5.41, 5.74) is 0.261. The molecule has 3 nitrogen and oxygen atoms in total. The predicted molar refractivity (Wildman–Crippen MR) is 56.6 cm³/mol. The number of hydrogen-bond acceptors (Lipinski definition) is 2. The molecule has 1 rings (SSSR count). The Hall–Kier alpha value is -1.38. The molecule has 1 amide bonds. The van der Waals surface area contributed by atoms with Crippen LogP contribution in [-0.4, -0.2) is 17.4 Å². The Morgan fingerprint density at radius 3 is 2.64 bits per heavy atom. The van der Waals surface area contributed by atoms with Crippen LogP contribution in [0.5, 0.6) is 0 Å². The van der Waals surface area contributed by atoms with Crippen LogP contribution >= 0.6 is 0 Å². The lowest BCUT2D eigenvalue weighted by molar-refractivity contribution is 0.0604. The average Bonchev–Trinajstić information content (AvgIpc) is 2.02. The van der Waals surface area contributed by atoms with Gasteiger partial charge in [0.1, 0.15) is 5.60 Å². The van der Waals surface area contributed by atoms with E-state index >= 15 is 0 Å².